The van der Waals surface area contributed by atoms with Gasteiger partial charge in [0.2, 0.25) is 0 Å². The van der Waals surface area contributed by atoms with Gasteiger partial charge < -0.3 is 0 Å². The van der Waals surface area contributed by atoms with E-state index in [9.17, 15) is 13.2 Å². The Balaban J connectivity index is 3.64. The van der Waals surface area contributed by atoms with Gasteiger partial charge >= 0.3 is 6.18 Å². The zero-order chi connectivity index (χ0) is 11.9. The molecular formula is C9H19F3N2S. The highest BCUT2D eigenvalue weighted by atomic mass is 32.2. The zero-order valence-corrected chi connectivity index (χ0v) is 9.92. The lowest BCUT2D eigenvalue weighted by atomic mass is 10.2. The van der Waals surface area contributed by atoms with E-state index in [1.807, 2.05) is 0 Å². The number of nitrogens with two attached hydrogens (primary N) is 1. The summed E-state index contributed by atoms with van der Waals surface area (Å²) in [5, 5.41) is 0. The molecule has 6 heteroatoms. The molecule has 15 heavy (non-hydrogen) atoms. The zero-order valence-electron chi connectivity index (χ0n) is 9.10. The van der Waals surface area contributed by atoms with Gasteiger partial charge in [-0.05, 0) is 18.1 Å². The van der Waals surface area contributed by atoms with Gasteiger partial charge in [-0.3, -0.25) is 11.3 Å². The van der Waals surface area contributed by atoms with Crippen molar-refractivity contribution in [2.75, 3.05) is 11.5 Å². The van der Waals surface area contributed by atoms with Gasteiger partial charge in [-0.1, -0.05) is 13.8 Å². The summed E-state index contributed by atoms with van der Waals surface area (Å²) in [6.07, 6.45) is -4.81. The van der Waals surface area contributed by atoms with Gasteiger partial charge in [0.05, 0.1) is 0 Å². The summed E-state index contributed by atoms with van der Waals surface area (Å²) in [6.45, 7) is 4.15. The fourth-order valence-corrected chi connectivity index (χ4v) is 2.15. The monoisotopic (exact) mass is 244 g/mol. The smallest absolute Gasteiger partial charge is 0.271 e. The normalized spacial score (nSPS) is 14.6. The first-order valence-electron chi connectivity index (χ1n) is 4.95. The Labute approximate surface area is 93.1 Å². The molecule has 0 fully saturated rings. The topological polar surface area (TPSA) is 38.0 Å². The maximum atomic E-state index is 11.9. The molecule has 0 aliphatic rings. The summed E-state index contributed by atoms with van der Waals surface area (Å²) in [5.74, 6) is 7.32. The first kappa shape index (κ1) is 15.1. The van der Waals surface area contributed by atoms with Crippen LogP contribution in [0.2, 0.25) is 0 Å². The van der Waals surface area contributed by atoms with Crippen molar-refractivity contribution in [3.05, 3.63) is 0 Å². The van der Waals surface area contributed by atoms with Crippen molar-refractivity contribution >= 4 is 11.8 Å². The molecule has 0 amide bonds. The molecular weight excluding hydrogens is 225 g/mol. The van der Waals surface area contributed by atoms with Crippen LogP contribution in [-0.4, -0.2) is 23.7 Å². The first-order valence-corrected chi connectivity index (χ1v) is 6.11. The molecule has 3 N–H and O–H groups in total. The summed E-state index contributed by atoms with van der Waals surface area (Å²) in [7, 11) is 0. The van der Waals surface area contributed by atoms with Gasteiger partial charge in [-0.25, -0.2) is 0 Å². The molecule has 0 radical (unpaired) electrons. The molecule has 0 aromatic rings. The number of rotatable bonds is 7. The third-order valence-corrected chi connectivity index (χ3v) is 3.32. The molecule has 0 aliphatic heterocycles. The summed E-state index contributed by atoms with van der Waals surface area (Å²) in [4.78, 5) is 0. The second kappa shape index (κ2) is 7.35. The number of hydrogen-bond donors (Lipinski definition) is 2. The van der Waals surface area contributed by atoms with Crippen molar-refractivity contribution < 1.29 is 13.2 Å². The Morgan fingerprint density at radius 1 is 1.27 bits per heavy atom. The van der Waals surface area contributed by atoms with E-state index in [1.165, 1.54) is 0 Å². The number of nitrogens with one attached hydrogen (secondary N) is 1. The third kappa shape index (κ3) is 10.3. The van der Waals surface area contributed by atoms with Crippen LogP contribution in [0, 0.1) is 5.92 Å². The van der Waals surface area contributed by atoms with Crippen molar-refractivity contribution in [3.63, 3.8) is 0 Å². The fraction of sp³-hybridized carbons (Fsp3) is 1.00. The summed E-state index contributed by atoms with van der Waals surface area (Å²) < 4.78 is 35.8. The lowest BCUT2D eigenvalue weighted by molar-refractivity contribution is -0.136. The molecule has 0 heterocycles. The van der Waals surface area contributed by atoms with Crippen molar-refractivity contribution in [1.82, 2.24) is 5.43 Å². The van der Waals surface area contributed by atoms with Crippen molar-refractivity contribution in [2.45, 2.75) is 38.9 Å². The van der Waals surface area contributed by atoms with Crippen LogP contribution in [0.4, 0.5) is 13.2 Å². The van der Waals surface area contributed by atoms with Gasteiger partial charge in [0.1, 0.15) is 0 Å². The minimum Gasteiger partial charge on any atom is -0.271 e. The van der Waals surface area contributed by atoms with Crippen LogP contribution in [0.5, 0.6) is 0 Å². The fourth-order valence-electron chi connectivity index (χ4n) is 0.999. The minimum atomic E-state index is -4.09. The van der Waals surface area contributed by atoms with E-state index in [0.717, 1.165) is 5.75 Å². The van der Waals surface area contributed by atoms with E-state index in [4.69, 9.17) is 5.84 Å². The van der Waals surface area contributed by atoms with Gasteiger partial charge in [0.25, 0.3) is 0 Å². The Morgan fingerprint density at radius 2 is 1.87 bits per heavy atom. The average Bonchev–Trinajstić information content (AvgIpc) is 2.08. The van der Waals surface area contributed by atoms with Crippen LogP contribution in [0.15, 0.2) is 0 Å². The van der Waals surface area contributed by atoms with Crippen molar-refractivity contribution in [1.29, 1.82) is 0 Å². The molecule has 0 aliphatic carbocycles. The third-order valence-electron chi connectivity index (χ3n) is 1.78. The Hall–Kier alpha value is 0.0600. The van der Waals surface area contributed by atoms with E-state index in [-0.39, 0.29) is 12.5 Å². The minimum absolute atomic E-state index is 0.0467. The SMILES string of the molecule is CC(C)CSCC(CCC(F)(F)F)NN. The van der Waals surface area contributed by atoms with Crippen LogP contribution >= 0.6 is 11.8 Å². The highest BCUT2D eigenvalue weighted by Crippen LogP contribution is 2.23. The van der Waals surface area contributed by atoms with Gasteiger partial charge in [-0.2, -0.15) is 24.9 Å². The van der Waals surface area contributed by atoms with Crippen LogP contribution < -0.4 is 11.3 Å². The molecule has 0 saturated carbocycles. The number of hydrazine groups is 1. The number of halogens is 3. The summed E-state index contributed by atoms with van der Waals surface area (Å²) in [6, 6.07) is -0.254. The van der Waals surface area contributed by atoms with Gasteiger partial charge in [0, 0.05) is 18.2 Å². The Kier molecular flexibility index (Phi) is 7.38. The van der Waals surface area contributed by atoms with E-state index in [2.05, 4.69) is 19.3 Å². The molecule has 0 saturated heterocycles. The van der Waals surface area contributed by atoms with Gasteiger partial charge in [-0.15, -0.1) is 0 Å². The molecule has 1 atom stereocenters. The number of hydrogen-bond acceptors (Lipinski definition) is 3. The maximum absolute atomic E-state index is 11.9. The second-order valence-corrected chi connectivity index (χ2v) is 5.02. The summed E-state index contributed by atoms with van der Waals surface area (Å²) >= 11 is 1.63. The highest BCUT2D eigenvalue weighted by Gasteiger charge is 2.27. The number of thioether (sulfide) groups is 1. The molecule has 0 spiro atoms. The Morgan fingerprint density at radius 3 is 2.27 bits per heavy atom. The van der Waals surface area contributed by atoms with E-state index >= 15 is 0 Å². The van der Waals surface area contributed by atoms with Crippen LogP contribution in [-0.2, 0) is 0 Å². The molecule has 0 aromatic heterocycles. The molecule has 1 unspecified atom stereocenters. The summed E-state index contributed by atoms with van der Waals surface area (Å²) in [5.41, 5.74) is 2.43. The quantitative estimate of drug-likeness (QED) is 0.534. The number of alkyl halides is 3. The predicted molar refractivity (Wildman–Crippen MR) is 58.6 cm³/mol. The van der Waals surface area contributed by atoms with E-state index < -0.39 is 12.6 Å². The largest absolute Gasteiger partial charge is 0.389 e. The highest BCUT2D eigenvalue weighted by molar-refractivity contribution is 7.99. The lowest BCUT2D eigenvalue weighted by Gasteiger charge is -2.16. The van der Waals surface area contributed by atoms with E-state index in [1.54, 1.807) is 11.8 Å². The molecule has 0 rings (SSSR count). The maximum Gasteiger partial charge on any atom is 0.389 e. The standard InChI is InChI=1S/C9H19F3N2S/c1-7(2)5-15-6-8(14-13)3-4-9(10,11)12/h7-8,14H,3-6,13H2,1-2H3. The lowest BCUT2D eigenvalue weighted by Crippen LogP contribution is -2.38. The van der Waals surface area contributed by atoms with Crippen LogP contribution in [0.3, 0.4) is 0 Å². The van der Waals surface area contributed by atoms with Crippen molar-refractivity contribution in [3.8, 4) is 0 Å². The first-order chi connectivity index (χ1) is 6.85. The van der Waals surface area contributed by atoms with E-state index in [0.29, 0.717) is 11.7 Å². The second-order valence-electron chi connectivity index (χ2n) is 3.95. The van der Waals surface area contributed by atoms with Crippen molar-refractivity contribution in [2.24, 2.45) is 11.8 Å². The molecule has 2 nitrogen and oxygen atoms in total. The molecule has 0 bridgehead atoms. The van der Waals surface area contributed by atoms with Crippen LogP contribution in [0.1, 0.15) is 26.7 Å². The van der Waals surface area contributed by atoms with Crippen LogP contribution in [0.25, 0.3) is 0 Å². The predicted octanol–water partition coefficient (Wildman–Crippen LogP) is 2.55. The molecule has 0 aromatic carbocycles. The molecule has 92 valence electrons. The Bertz CT molecular complexity index is 162. The average molecular weight is 244 g/mol. The van der Waals surface area contributed by atoms with Gasteiger partial charge in [0.15, 0.2) is 0 Å².